The van der Waals surface area contributed by atoms with Crippen molar-refractivity contribution in [2.45, 2.75) is 79.1 Å². The molecule has 302 valence electrons. The van der Waals surface area contributed by atoms with E-state index in [-0.39, 0.29) is 31.9 Å². The first-order valence-electron chi connectivity index (χ1n) is 19.0. The van der Waals surface area contributed by atoms with Gasteiger partial charge in [0.05, 0.1) is 22.7 Å². The van der Waals surface area contributed by atoms with Gasteiger partial charge in [-0.1, -0.05) is 91.8 Å². The number of rotatable bonds is 12. The summed E-state index contributed by atoms with van der Waals surface area (Å²) in [6.07, 6.45) is 3.59. The molecule has 0 fully saturated rings. The molecule has 0 aliphatic carbocycles. The van der Waals surface area contributed by atoms with Crippen molar-refractivity contribution >= 4 is 46.6 Å². The van der Waals surface area contributed by atoms with E-state index in [1.165, 1.54) is 22.3 Å². The molecule has 2 N–H and O–H groups in total. The molecule has 0 saturated carbocycles. The fourth-order valence-corrected chi connectivity index (χ4v) is 6.24. The Morgan fingerprint density at radius 2 is 0.727 bits per heavy atom. The first-order valence-corrected chi connectivity index (χ1v) is 19.0. The summed E-state index contributed by atoms with van der Waals surface area (Å²) in [6.45, 7) is 17.5. The van der Waals surface area contributed by atoms with Gasteiger partial charge in [0, 0.05) is 112 Å². The van der Waals surface area contributed by atoms with Crippen molar-refractivity contribution in [2.24, 2.45) is 9.98 Å². The van der Waals surface area contributed by atoms with Gasteiger partial charge in [0.15, 0.2) is 0 Å². The van der Waals surface area contributed by atoms with E-state index in [1.807, 2.05) is 100 Å². The van der Waals surface area contributed by atoms with Crippen LogP contribution in [0.2, 0.25) is 0 Å². The van der Waals surface area contributed by atoms with Crippen LogP contribution < -0.4 is 19.6 Å². The summed E-state index contributed by atoms with van der Waals surface area (Å²) in [6, 6.07) is 20.7. The van der Waals surface area contributed by atoms with Crippen LogP contribution in [-0.2, 0) is 20.4 Å². The minimum absolute atomic E-state index is 0. The zero-order valence-electron chi connectivity index (χ0n) is 36.1. The van der Waals surface area contributed by atoms with E-state index < -0.39 is 0 Å². The molecule has 0 saturated heterocycles. The Hall–Kier alpha value is -4.32. The van der Waals surface area contributed by atoms with Crippen molar-refractivity contribution in [3.8, 4) is 11.5 Å². The minimum atomic E-state index is 0. The van der Waals surface area contributed by atoms with Gasteiger partial charge in [0.2, 0.25) is 0 Å². The third-order valence-corrected chi connectivity index (χ3v) is 9.55. The van der Waals surface area contributed by atoms with Gasteiger partial charge in [-0.3, -0.25) is 9.98 Å². The van der Waals surface area contributed by atoms with Gasteiger partial charge in [-0.25, -0.2) is 0 Å². The van der Waals surface area contributed by atoms with E-state index in [4.69, 9.17) is 9.98 Å². The van der Waals surface area contributed by atoms with Crippen molar-refractivity contribution in [2.75, 3.05) is 76.0 Å². The van der Waals surface area contributed by atoms with Gasteiger partial charge in [-0.05, 0) is 70.2 Å². The predicted molar refractivity (Wildman–Crippen MR) is 237 cm³/mol. The van der Waals surface area contributed by atoms with Crippen LogP contribution in [0.3, 0.4) is 0 Å². The van der Waals surface area contributed by atoms with Crippen molar-refractivity contribution in [1.82, 2.24) is 0 Å². The van der Waals surface area contributed by atoms with Gasteiger partial charge >= 0.3 is 0 Å². The number of benzene rings is 4. The summed E-state index contributed by atoms with van der Waals surface area (Å²) in [5.41, 5.74) is 12.0. The monoisotopic (exact) mass is 840 g/mol. The molecule has 4 aromatic rings. The molecular formula is C46H66N6O2Pd. The maximum absolute atomic E-state index is 10.7. The summed E-state index contributed by atoms with van der Waals surface area (Å²) in [5, 5.41) is 21.5. The molecular weight excluding hydrogens is 775 g/mol. The molecule has 55 heavy (non-hydrogen) atoms. The molecule has 0 unspecified atom stereocenters. The molecule has 4 rings (SSSR count). The van der Waals surface area contributed by atoms with Crippen molar-refractivity contribution in [3.63, 3.8) is 0 Å². The van der Waals surface area contributed by atoms with Crippen LogP contribution >= 0.6 is 0 Å². The van der Waals surface area contributed by atoms with Gasteiger partial charge in [0.1, 0.15) is 11.5 Å². The maximum atomic E-state index is 10.7. The number of hydrogen-bond acceptors (Lipinski definition) is 8. The predicted octanol–water partition coefficient (Wildman–Crippen LogP) is 11.0. The van der Waals surface area contributed by atoms with Crippen LogP contribution in [0.1, 0.15) is 112 Å². The first kappa shape index (κ1) is 46.8. The standard InChI is InChI=1S/2C23H33N3O.Pd/c2*1-15(2)19-10-9-11-20(16(3)4)22(19)24-14-17-12-18(25(5)6)13-21(23(17)27)26(7)8;/h2*9-16,27H,1-8H3;. The Labute approximate surface area is 346 Å². The molecule has 0 spiro atoms. The van der Waals surface area contributed by atoms with Crippen LogP contribution in [0.15, 0.2) is 70.6 Å². The Kier molecular flexibility index (Phi) is 17.5. The summed E-state index contributed by atoms with van der Waals surface area (Å²) in [7, 11) is 15.7. The molecule has 0 aliphatic heterocycles. The van der Waals surface area contributed by atoms with E-state index >= 15 is 0 Å². The fraction of sp³-hybridized carbons (Fsp3) is 0.435. The van der Waals surface area contributed by atoms with Crippen LogP contribution in [0.5, 0.6) is 11.5 Å². The van der Waals surface area contributed by atoms with Gasteiger partial charge in [0.25, 0.3) is 0 Å². The second-order valence-electron chi connectivity index (χ2n) is 16.1. The number of anilines is 4. The molecule has 8 nitrogen and oxygen atoms in total. The SMILES string of the molecule is CC(C)c1cccc(C(C)C)c1N=Cc1cc(N(C)C)cc(N(C)C)c1O.CC(C)c1cccc(C(C)C)c1N=Cc1cc(N(C)C)cc(N(C)C)c1O.[Pd]. The average molecular weight is 841 g/mol. The summed E-state index contributed by atoms with van der Waals surface area (Å²) in [4.78, 5) is 17.6. The second-order valence-corrected chi connectivity index (χ2v) is 16.1. The van der Waals surface area contributed by atoms with Crippen molar-refractivity contribution < 1.29 is 30.6 Å². The molecule has 0 aromatic heterocycles. The quantitative estimate of drug-likeness (QED) is 0.109. The van der Waals surface area contributed by atoms with E-state index in [9.17, 15) is 10.2 Å². The second kappa shape index (κ2) is 20.6. The van der Waals surface area contributed by atoms with E-state index in [0.717, 1.165) is 45.3 Å². The largest absolute Gasteiger partial charge is 0.505 e. The minimum Gasteiger partial charge on any atom is -0.505 e. The zero-order valence-corrected chi connectivity index (χ0v) is 37.7. The van der Waals surface area contributed by atoms with Crippen molar-refractivity contribution in [3.05, 3.63) is 94.0 Å². The summed E-state index contributed by atoms with van der Waals surface area (Å²) < 4.78 is 0. The maximum Gasteiger partial charge on any atom is 0.147 e. The Balaban J connectivity index is 0.000000373. The number of para-hydroxylation sites is 2. The van der Waals surface area contributed by atoms with E-state index in [0.29, 0.717) is 23.7 Å². The molecule has 9 heteroatoms. The molecule has 4 aromatic carbocycles. The fourth-order valence-electron chi connectivity index (χ4n) is 6.24. The average Bonchev–Trinajstić information content (AvgIpc) is 3.09. The molecule has 0 heterocycles. The number of phenolic OH excluding ortho intramolecular Hbond substituents is 2. The summed E-state index contributed by atoms with van der Waals surface area (Å²) in [5.74, 6) is 2.04. The van der Waals surface area contributed by atoms with Crippen molar-refractivity contribution in [1.29, 1.82) is 0 Å². The van der Waals surface area contributed by atoms with Crippen LogP contribution in [0.4, 0.5) is 34.1 Å². The number of aliphatic imine (C=N–C) groups is 2. The van der Waals surface area contributed by atoms with Crippen LogP contribution in [0, 0.1) is 0 Å². The van der Waals surface area contributed by atoms with Crippen LogP contribution in [-0.4, -0.2) is 79.0 Å². The third kappa shape index (κ3) is 11.8. The van der Waals surface area contributed by atoms with Gasteiger partial charge in [-0.2, -0.15) is 0 Å². The Morgan fingerprint density at radius 3 is 0.945 bits per heavy atom. The molecule has 0 amide bonds. The first-order chi connectivity index (χ1) is 25.3. The zero-order chi connectivity index (χ0) is 40.6. The third-order valence-electron chi connectivity index (χ3n) is 9.55. The molecule has 0 atom stereocenters. The van der Waals surface area contributed by atoms with E-state index in [2.05, 4.69) is 91.8 Å². The number of phenols is 2. The number of aromatic hydroxyl groups is 2. The van der Waals surface area contributed by atoms with Gasteiger partial charge < -0.3 is 29.8 Å². The topological polar surface area (TPSA) is 78.1 Å². The van der Waals surface area contributed by atoms with Gasteiger partial charge in [-0.15, -0.1) is 0 Å². The molecule has 0 aliphatic rings. The smallest absolute Gasteiger partial charge is 0.147 e. The Bertz CT molecular complexity index is 1730. The number of nitrogens with zero attached hydrogens (tertiary/aromatic N) is 6. The molecule has 0 radical (unpaired) electrons. The van der Waals surface area contributed by atoms with Crippen LogP contribution in [0.25, 0.3) is 0 Å². The van der Waals surface area contributed by atoms with E-state index in [1.54, 1.807) is 12.4 Å². The molecule has 0 bridgehead atoms. The summed E-state index contributed by atoms with van der Waals surface area (Å²) >= 11 is 0. The Morgan fingerprint density at radius 1 is 0.455 bits per heavy atom. The number of hydrogen-bond donors (Lipinski definition) is 2. The normalized spacial score (nSPS) is 11.4.